The van der Waals surface area contributed by atoms with Gasteiger partial charge in [0, 0.05) is 31.7 Å². The minimum Gasteiger partial charge on any atom is -0.497 e. The van der Waals surface area contributed by atoms with Gasteiger partial charge in [0.25, 0.3) is 5.91 Å². The molecule has 0 bridgehead atoms. The summed E-state index contributed by atoms with van der Waals surface area (Å²) in [6, 6.07) is 5.25. The van der Waals surface area contributed by atoms with Crippen LogP contribution in [0.2, 0.25) is 0 Å². The van der Waals surface area contributed by atoms with Crippen molar-refractivity contribution in [2.45, 2.75) is 44.7 Å². The van der Waals surface area contributed by atoms with Gasteiger partial charge in [0.05, 0.1) is 38.1 Å². The number of piperidine rings is 1. The highest BCUT2D eigenvalue weighted by Crippen LogP contribution is 2.40. The lowest BCUT2D eigenvalue weighted by molar-refractivity contribution is -0.125. The molecule has 1 aromatic carbocycles. The molecular formula is C24H34N4O4. The maximum absolute atomic E-state index is 13.5. The fourth-order valence-corrected chi connectivity index (χ4v) is 5.06. The summed E-state index contributed by atoms with van der Waals surface area (Å²) in [5, 5.41) is 2.98. The summed E-state index contributed by atoms with van der Waals surface area (Å²) in [6.07, 6.45) is 4.74. The van der Waals surface area contributed by atoms with E-state index in [0.717, 1.165) is 30.8 Å². The van der Waals surface area contributed by atoms with Gasteiger partial charge >= 0.3 is 6.03 Å². The molecule has 0 spiro atoms. The fraction of sp³-hybridized carbons (Fsp3) is 0.583. The number of urea groups is 1. The molecule has 3 aliphatic heterocycles. The quantitative estimate of drug-likeness (QED) is 0.703. The number of likely N-dealkylation sites (tertiary alicyclic amines) is 1. The molecule has 1 aromatic rings. The Bertz CT molecular complexity index is 915. The molecule has 8 heteroatoms. The molecule has 0 radical (unpaired) electrons. The van der Waals surface area contributed by atoms with E-state index in [1.807, 2.05) is 11.0 Å². The maximum Gasteiger partial charge on any atom is 0.322 e. The van der Waals surface area contributed by atoms with E-state index in [1.165, 1.54) is 19.3 Å². The van der Waals surface area contributed by atoms with E-state index in [1.54, 1.807) is 38.3 Å². The van der Waals surface area contributed by atoms with Gasteiger partial charge in [-0.2, -0.15) is 0 Å². The van der Waals surface area contributed by atoms with Crippen molar-refractivity contribution in [3.63, 3.8) is 0 Å². The number of hydrogen-bond donors (Lipinski definition) is 1. The highest BCUT2D eigenvalue weighted by atomic mass is 16.5. The highest BCUT2D eigenvalue weighted by molar-refractivity contribution is 6.01. The van der Waals surface area contributed by atoms with Crippen LogP contribution in [0.4, 0.5) is 4.79 Å². The lowest BCUT2D eigenvalue weighted by Crippen LogP contribution is -2.45. The number of nitrogens with one attached hydrogen (secondary N) is 1. The summed E-state index contributed by atoms with van der Waals surface area (Å²) in [7, 11) is 4.90. The van der Waals surface area contributed by atoms with E-state index < -0.39 is 6.04 Å². The van der Waals surface area contributed by atoms with E-state index in [-0.39, 0.29) is 11.9 Å². The first kappa shape index (κ1) is 22.5. The molecule has 2 unspecified atom stereocenters. The number of carbonyl (C=O) groups is 2. The van der Waals surface area contributed by atoms with E-state index in [9.17, 15) is 9.59 Å². The van der Waals surface area contributed by atoms with Crippen LogP contribution in [0.25, 0.3) is 0 Å². The Kier molecular flexibility index (Phi) is 6.60. The number of benzene rings is 1. The minimum atomic E-state index is -0.571. The largest absolute Gasteiger partial charge is 0.497 e. The number of rotatable bonds is 7. The fourth-order valence-electron chi connectivity index (χ4n) is 5.06. The molecule has 2 atom stereocenters. The van der Waals surface area contributed by atoms with Crippen LogP contribution < -0.4 is 14.8 Å². The molecule has 3 aliphatic rings. The first-order chi connectivity index (χ1) is 15.4. The average molecular weight is 443 g/mol. The number of carbonyl (C=O) groups excluding carboxylic acids is 2. The van der Waals surface area contributed by atoms with Gasteiger partial charge in [0.15, 0.2) is 0 Å². The minimum absolute atomic E-state index is 0.0200. The summed E-state index contributed by atoms with van der Waals surface area (Å²) >= 11 is 0. The Morgan fingerprint density at radius 1 is 1.12 bits per heavy atom. The number of likely N-dealkylation sites (N-methyl/N-ethyl adjacent to an activating group) is 1. The SMILES string of the molecule is COc1ccc(OC)c(C2NC(=O)N(C)C3=C2C(=O)N(CCCN2CCCCC2C)C3)c1. The Morgan fingerprint density at radius 3 is 2.66 bits per heavy atom. The van der Waals surface area contributed by atoms with E-state index in [2.05, 4.69) is 17.1 Å². The van der Waals surface area contributed by atoms with Gasteiger partial charge < -0.3 is 24.6 Å². The molecular weight excluding hydrogens is 408 g/mol. The smallest absolute Gasteiger partial charge is 0.322 e. The first-order valence-corrected chi connectivity index (χ1v) is 11.5. The predicted octanol–water partition coefficient (Wildman–Crippen LogP) is 2.76. The van der Waals surface area contributed by atoms with Crippen molar-refractivity contribution in [3.8, 4) is 11.5 Å². The van der Waals surface area contributed by atoms with Gasteiger partial charge in [0.2, 0.25) is 0 Å². The molecule has 32 heavy (non-hydrogen) atoms. The van der Waals surface area contributed by atoms with E-state index in [4.69, 9.17) is 9.47 Å². The third-order valence-corrected chi connectivity index (χ3v) is 7.00. The second-order valence-electron chi connectivity index (χ2n) is 8.87. The Labute approximate surface area is 190 Å². The normalized spacial score (nSPS) is 24.0. The van der Waals surface area contributed by atoms with Crippen molar-refractivity contribution in [2.24, 2.45) is 0 Å². The molecule has 3 heterocycles. The Hall–Kier alpha value is -2.74. The number of methoxy groups -OCH3 is 2. The third-order valence-electron chi connectivity index (χ3n) is 7.00. The van der Waals surface area contributed by atoms with Gasteiger partial charge in [0.1, 0.15) is 11.5 Å². The van der Waals surface area contributed by atoms with E-state index >= 15 is 0 Å². The van der Waals surface area contributed by atoms with Gasteiger partial charge in [-0.25, -0.2) is 4.79 Å². The van der Waals surface area contributed by atoms with Gasteiger partial charge in [-0.15, -0.1) is 0 Å². The number of nitrogens with zero attached hydrogens (tertiary/aromatic N) is 3. The van der Waals surface area contributed by atoms with Crippen LogP contribution in [-0.2, 0) is 4.79 Å². The van der Waals surface area contributed by atoms with Crippen LogP contribution in [0, 0.1) is 0 Å². The van der Waals surface area contributed by atoms with Crippen molar-refractivity contribution in [1.82, 2.24) is 20.0 Å². The van der Waals surface area contributed by atoms with Crippen LogP contribution >= 0.6 is 0 Å². The molecule has 8 nitrogen and oxygen atoms in total. The standard InChI is InChI=1S/C24H34N4O4/c1-16-8-5-6-11-27(16)12-7-13-28-15-19-21(23(28)29)22(25-24(30)26(19)2)18-14-17(31-3)9-10-20(18)32-4/h9-10,14,16,22H,5-8,11-13,15H2,1-4H3,(H,25,30). The van der Waals surface area contributed by atoms with Crippen molar-refractivity contribution in [1.29, 1.82) is 0 Å². The average Bonchev–Trinajstić information content (AvgIpc) is 3.13. The van der Waals surface area contributed by atoms with Crippen LogP contribution in [0.3, 0.4) is 0 Å². The monoisotopic (exact) mass is 442 g/mol. The molecule has 0 aromatic heterocycles. The summed E-state index contributed by atoms with van der Waals surface area (Å²) in [5.41, 5.74) is 2.10. The van der Waals surface area contributed by atoms with Crippen molar-refractivity contribution >= 4 is 11.9 Å². The molecule has 4 rings (SSSR count). The van der Waals surface area contributed by atoms with Crippen molar-refractivity contribution in [3.05, 3.63) is 35.0 Å². The third kappa shape index (κ3) is 4.16. The zero-order chi connectivity index (χ0) is 22.8. The zero-order valence-electron chi connectivity index (χ0n) is 19.5. The topological polar surface area (TPSA) is 74.3 Å². The number of ether oxygens (including phenoxy) is 2. The van der Waals surface area contributed by atoms with Gasteiger partial charge in [-0.05, 0) is 50.9 Å². The van der Waals surface area contributed by atoms with Crippen LogP contribution in [0.5, 0.6) is 11.5 Å². The van der Waals surface area contributed by atoms with Crippen molar-refractivity contribution in [2.75, 3.05) is 47.4 Å². The van der Waals surface area contributed by atoms with Gasteiger partial charge in [-0.1, -0.05) is 6.42 Å². The molecule has 1 saturated heterocycles. The Balaban J connectivity index is 1.53. The van der Waals surface area contributed by atoms with Crippen molar-refractivity contribution < 1.29 is 19.1 Å². The number of hydrogen-bond acceptors (Lipinski definition) is 5. The second-order valence-corrected chi connectivity index (χ2v) is 8.87. The molecule has 3 amide bonds. The zero-order valence-corrected chi connectivity index (χ0v) is 19.5. The van der Waals surface area contributed by atoms with E-state index in [0.29, 0.717) is 36.2 Å². The van der Waals surface area contributed by atoms with Crippen LogP contribution in [0.15, 0.2) is 29.5 Å². The summed E-state index contributed by atoms with van der Waals surface area (Å²) < 4.78 is 10.9. The molecule has 0 saturated carbocycles. The molecule has 1 fully saturated rings. The second kappa shape index (κ2) is 9.40. The first-order valence-electron chi connectivity index (χ1n) is 11.5. The lowest BCUT2D eigenvalue weighted by Gasteiger charge is -2.33. The summed E-state index contributed by atoms with van der Waals surface area (Å²) in [5.74, 6) is 1.24. The van der Waals surface area contributed by atoms with Crippen LogP contribution in [-0.4, -0.2) is 80.1 Å². The highest BCUT2D eigenvalue weighted by Gasteiger charge is 2.43. The molecule has 0 aliphatic carbocycles. The predicted molar refractivity (Wildman–Crippen MR) is 122 cm³/mol. The molecule has 174 valence electrons. The number of amides is 3. The van der Waals surface area contributed by atoms with Gasteiger partial charge in [-0.3, -0.25) is 9.69 Å². The summed E-state index contributed by atoms with van der Waals surface area (Å²) in [6.45, 7) is 5.56. The molecule has 1 N–H and O–H groups in total. The maximum atomic E-state index is 13.5. The summed E-state index contributed by atoms with van der Waals surface area (Å²) in [4.78, 5) is 32.2. The Morgan fingerprint density at radius 2 is 1.94 bits per heavy atom. The lowest BCUT2D eigenvalue weighted by atomic mass is 9.94. The van der Waals surface area contributed by atoms with Crippen LogP contribution in [0.1, 0.15) is 44.2 Å².